The van der Waals surface area contributed by atoms with Crippen LogP contribution in [0.1, 0.15) is 11.7 Å². The fraction of sp³-hybridized carbons (Fsp3) is 0.538. The molecular weight excluding hydrogens is 234 g/mol. The van der Waals surface area contributed by atoms with E-state index >= 15 is 0 Å². The zero-order chi connectivity index (χ0) is 13.1. The van der Waals surface area contributed by atoms with Gasteiger partial charge in [0.1, 0.15) is 12.1 Å². The van der Waals surface area contributed by atoms with E-state index in [1.54, 1.807) is 11.8 Å². The Balaban J connectivity index is 2.90. The third-order valence-electron chi connectivity index (χ3n) is 3.00. The number of quaternary nitrogens is 1. The van der Waals surface area contributed by atoms with E-state index in [0.717, 1.165) is 5.56 Å². The van der Waals surface area contributed by atoms with Gasteiger partial charge in [-0.05, 0) is 24.0 Å². The van der Waals surface area contributed by atoms with Crippen LogP contribution in [0.3, 0.4) is 0 Å². The first-order valence-corrected chi connectivity index (χ1v) is 6.86. The summed E-state index contributed by atoms with van der Waals surface area (Å²) in [4.78, 5) is 1.17. The highest BCUT2D eigenvalue weighted by Crippen LogP contribution is 2.24. The molecule has 17 heavy (non-hydrogen) atoms. The number of hydrogen-bond donors (Lipinski definition) is 2. The van der Waals surface area contributed by atoms with Crippen LogP contribution >= 0.6 is 11.8 Å². The summed E-state index contributed by atoms with van der Waals surface area (Å²) in [6.45, 7) is -0.0328. The second-order valence-electron chi connectivity index (χ2n) is 5.08. The van der Waals surface area contributed by atoms with Crippen LogP contribution in [-0.2, 0) is 0 Å². The third kappa shape index (κ3) is 3.71. The maximum atomic E-state index is 10.3. The van der Waals surface area contributed by atoms with Crippen molar-refractivity contribution in [2.24, 2.45) is 0 Å². The van der Waals surface area contributed by atoms with Crippen LogP contribution < -0.4 is 0 Å². The lowest BCUT2D eigenvalue weighted by Gasteiger charge is -2.36. The second kappa shape index (κ2) is 5.87. The summed E-state index contributed by atoms with van der Waals surface area (Å²) in [5.41, 5.74) is 0.856. The molecule has 0 aliphatic rings. The number of rotatable bonds is 5. The molecule has 2 N–H and O–H groups in total. The van der Waals surface area contributed by atoms with Crippen molar-refractivity contribution in [3.63, 3.8) is 0 Å². The van der Waals surface area contributed by atoms with Gasteiger partial charge in [-0.15, -0.1) is 11.8 Å². The first kappa shape index (κ1) is 14.5. The topological polar surface area (TPSA) is 40.5 Å². The SMILES string of the molecule is CSc1ccc([C@H](O)[C@H](CO)[N+](C)(C)C)cc1. The molecule has 0 unspecified atom stereocenters. The quantitative estimate of drug-likeness (QED) is 0.620. The second-order valence-corrected chi connectivity index (χ2v) is 5.96. The Kier molecular flexibility index (Phi) is 5.01. The zero-order valence-electron chi connectivity index (χ0n) is 10.9. The van der Waals surface area contributed by atoms with Gasteiger partial charge in [0, 0.05) is 4.90 Å². The molecule has 1 aromatic carbocycles. The summed E-state index contributed by atoms with van der Waals surface area (Å²) in [5.74, 6) is 0. The van der Waals surface area contributed by atoms with Gasteiger partial charge in [-0.25, -0.2) is 0 Å². The Bertz CT molecular complexity index is 345. The molecule has 0 spiro atoms. The summed E-state index contributed by atoms with van der Waals surface area (Å²) < 4.78 is 0.530. The molecule has 0 radical (unpaired) electrons. The highest BCUT2D eigenvalue weighted by atomic mass is 32.2. The van der Waals surface area contributed by atoms with Gasteiger partial charge >= 0.3 is 0 Å². The summed E-state index contributed by atoms with van der Waals surface area (Å²) in [6, 6.07) is 7.62. The average molecular weight is 256 g/mol. The van der Waals surface area contributed by atoms with Crippen LogP contribution in [0.4, 0.5) is 0 Å². The van der Waals surface area contributed by atoms with Gasteiger partial charge in [-0.1, -0.05) is 12.1 Å². The molecule has 1 aromatic rings. The fourth-order valence-corrected chi connectivity index (χ4v) is 2.20. The van der Waals surface area contributed by atoms with Crippen LogP contribution in [0.15, 0.2) is 29.2 Å². The first-order chi connectivity index (χ1) is 7.90. The molecule has 0 bridgehead atoms. The number of aliphatic hydroxyl groups excluding tert-OH is 2. The van der Waals surface area contributed by atoms with Crippen LogP contribution in [0.25, 0.3) is 0 Å². The molecule has 3 nitrogen and oxygen atoms in total. The monoisotopic (exact) mass is 256 g/mol. The van der Waals surface area contributed by atoms with Crippen molar-refractivity contribution in [1.82, 2.24) is 0 Å². The zero-order valence-corrected chi connectivity index (χ0v) is 11.7. The molecular formula is C13H22NO2S+. The molecule has 96 valence electrons. The van der Waals surface area contributed by atoms with Crippen molar-refractivity contribution in [2.45, 2.75) is 17.0 Å². The minimum absolute atomic E-state index is 0.0328. The third-order valence-corrected chi connectivity index (χ3v) is 3.75. The van der Waals surface area contributed by atoms with Crippen molar-refractivity contribution >= 4 is 11.8 Å². The number of thioether (sulfide) groups is 1. The number of likely N-dealkylation sites (N-methyl/N-ethyl adjacent to an activating group) is 1. The van der Waals surface area contributed by atoms with E-state index in [1.807, 2.05) is 51.7 Å². The average Bonchev–Trinajstić information content (AvgIpc) is 2.28. The van der Waals surface area contributed by atoms with E-state index in [0.29, 0.717) is 4.48 Å². The molecule has 0 saturated carbocycles. The molecule has 0 aliphatic carbocycles. The number of benzene rings is 1. The number of aliphatic hydroxyl groups is 2. The highest BCUT2D eigenvalue weighted by molar-refractivity contribution is 7.98. The Hall–Kier alpha value is -0.550. The predicted molar refractivity (Wildman–Crippen MR) is 72.1 cm³/mol. The minimum atomic E-state index is -0.643. The van der Waals surface area contributed by atoms with Crippen molar-refractivity contribution < 1.29 is 14.7 Å². The molecule has 2 atom stereocenters. The minimum Gasteiger partial charge on any atom is -0.390 e. The lowest BCUT2D eigenvalue weighted by Crippen LogP contribution is -2.50. The summed E-state index contributed by atoms with van der Waals surface area (Å²) in [7, 11) is 5.92. The van der Waals surface area contributed by atoms with Gasteiger partial charge in [0.15, 0.2) is 0 Å². The van der Waals surface area contributed by atoms with Gasteiger partial charge in [0.25, 0.3) is 0 Å². The van der Waals surface area contributed by atoms with E-state index in [1.165, 1.54) is 4.90 Å². The Labute approximate surface area is 108 Å². The van der Waals surface area contributed by atoms with Crippen molar-refractivity contribution in [2.75, 3.05) is 34.0 Å². The molecule has 0 heterocycles. The lowest BCUT2D eigenvalue weighted by atomic mass is 10.0. The summed E-state index contributed by atoms with van der Waals surface area (Å²) in [5, 5.41) is 19.7. The van der Waals surface area contributed by atoms with Gasteiger partial charge in [0.2, 0.25) is 0 Å². The summed E-state index contributed by atoms with van der Waals surface area (Å²) >= 11 is 1.67. The van der Waals surface area contributed by atoms with E-state index in [4.69, 9.17) is 0 Å². The van der Waals surface area contributed by atoms with Gasteiger partial charge < -0.3 is 14.7 Å². The van der Waals surface area contributed by atoms with Crippen molar-refractivity contribution in [1.29, 1.82) is 0 Å². The van der Waals surface area contributed by atoms with E-state index in [-0.39, 0.29) is 12.6 Å². The molecule has 0 saturated heterocycles. The maximum absolute atomic E-state index is 10.3. The highest BCUT2D eigenvalue weighted by Gasteiger charge is 2.31. The maximum Gasteiger partial charge on any atom is 0.142 e. The van der Waals surface area contributed by atoms with Gasteiger partial charge in [-0.2, -0.15) is 0 Å². The predicted octanol–water partition coefficient (Wildman–Crippen LogP) is 1.51. The molecule has 0 fully saturated rings. The number of hydrogen-bond acceptors (Lipinski definition) is 3. The largest absolute Gasteiger partial charge is 0.390 e. The van der Waals surface area contributed by atoms with Gasteiger partial charge in [0.05, 0.1) is 27.7 Å². The molecule has 0 aliphatic heterocycles. The van der Waals surface area contributed by atoms with Crippen LogP contribution in [-0.4, -0.2) is 54.7 Å². The first-order valence-electron chi connectivity index (χ1n) is 5.64. The normalized spacial score (nSPS) is 15.6. The van der Waals surface area contributed by atoms with E-state index in [2.05, 4.69) is 0 Å². The lowest BCUT2D eigenvalue weighted by molar-refractivity contribution is -0.901. The molecule has 0 amide bonds. The van der Waals surface area contributed by atoms with Crippen LogP contribution in [0.2, 0.25) is 0 Å². The Morgan fingerprint density at radius 2 is 1.71 bits per heavy atom. The van der Waals surface area contributed by atoms with E-state index in [9.17, 15) is 10.2 Å². The summed E-state index contributed by atoms with van der Waals surface area (Å²) in [6.07, 6.45) is 1.38. The Morgan fingerprint density at radius 3 is 2.06 bits per heavy atom. The van der Waals surface area contributed by atoms with Crippen LogP contribution in [0, 0.1) is 0 Å². The Morgan fingerprint density at radius 1 is 1.18 bits per heavy atom. The number of nitrogens with zero attached hydrogens (tertiary/aromatic N) is 1. The standard InChI is InChI=1S/C13H22NO2S/c1-14(2,3)12(9-15)13(16)10-5-7-11(17-4)8-6-10/h5-8,12-13,15-16H,9H2,1-4H3/q+1/t12-,13-/m0/s1. The fourth-order valence-electron chi connectivity index (χ4n) is 1.79. The van der Waals surface area contributed by atoms with Crippen molar-refractivity contribution in [3.05, 3.63) is 29.8 Å². The smallest absolute Gasteiger partial charge is 0.142 e. The molecule has 4 heteroatoms. The van der Waals surface area contributed by atoms with Crippen LogP contribution in [0.5, 0.6) is 0 Å². The molecule has 0 aromatic heterocycles. The van der Waals surface area contributed by atoms with Crippen molar-refractivity contribution in [3.8, 4) is 0 Å². The molecule has 1 rings (SSSR count). The van der Waals surface area contributed by atoms with E-state index < -0.39 is 6.10 Å². The van der Waals surface area contributed by atoms with Gasteiger partial charge in [-0.3, -0.25) is 0 Å².